The molecule has 0 spiro atoms. The predicted octanol–water partition coefficient (Wildman–Crippen LogP) is 1.56. The third kappa shape index (κ3) is 2.65. The highest BCUT2D eigenvalue weighted by molar-refractivity contribution is 5.82. The number of pyridine rings is 1. The quantitative estimate of drug-likeness (QED) is 0.668. The van der Waals surface area contributed by atoms with Crippen LogP contribution in [0.5, 0.6) is 0 Å². The molecule has 3 aromatic rings. The summed E-state index contributed by atoms with van der Waals surface area (Å²) in [5, 5.41) is 0. The van der Waals surface area contributed by atoms with Gasteiger partial charge in [-0.1, -0.05) is 6.07 Å². The van der Waals surface area contributed by atoms with E-state index >= 15 is 0 Å². The number of H-pyrrole nitrogens is 1. The summed E-state index contributed by atoms with van der Waals surface area (Å²) in [7, 11) is 0. The number of aromatic nitrogens is 5. The Labute approximate surface area is 139 Å². The average molecular weight is 324 g/mol. The van der Waals surface area contributed by atoms with Gasteiger partial charge in [-0.25, -0.2) is 4.98 Å². The van der Waals surface area contributed by atoms with Gasteiger partial charge in [-0.2, -0.15) is 9.97 Å². The van der Waals surface area contributed by atoms with Crippen molar-refractivity contribution in [2.75, 3.05) is 18.0 Å². The molecule has 4 rings (SSSR count). The Balaban J connectivity index is 1.64. The van der Waals surface area contributed by atoms with Crippen molar-refractivity contribution in [3.05, 3.63) is 35.4 Å². The molecule has 0 amide bonds. The third-order valence-corrected chi connectivity index (χ3v) is 4.41. The molecule has 0 aliphatic carbocycles. The summed E-state index contributed by atoms with van der Waals surface area (Å²) in [5.41, 5.74) is 14.9. The number of imidazole rings is 1. The van der Waals surface area contributed by atoms with E-state index < -0.39 is 0 Å². The van der Waals surface area contributed by atoms with E-state index in [2.05, 4.69) is 35.9 Å². The smallest absolute Gasteiger partial charge is 0.224 e. The molecule has 1 fully saturated rings. The van der Waals surface area contributed by atoms with E-state index in [1.807, 2.05) is 19.1 Å². The molecule has 3 aromatic heterocycles. The summed E-state index contributed by atoms with van der Waals surface area (Å²) >= 11 is 0. The highest BCUT2D eigenvalue weighted by atomic mass is 15.2. The zero-order valence-corrected chi connectivity index (χ0v) is 13.5. The SMILES string of the molecule is Cc1cccc(CN2CCCC2c2nc3nc(N)nc(N)c3[nH]2)n1. The lowest BCUT2D eigenvalue weighted by Gasteiger charge is -2.22. The van der Waals surface area contributed by atoms with Gasteiger partial charge in [0.1, 0.15) is 11.3 Å². The molecule has 0 aromatic carbocycles. The van der Waals surface area contributed by atoms with Crippen LogP contribution in [-0.4, -0.2) is 36.4 Å². The first-order valence-corrected chi connectivity index (χ1v) is 8.05. The van der Waals surface area contributed by atoms with Gasteiger partial charge in [-0.3, -0.25) is 9.88 Å². The minimum atomic E-state index is 0.144. The van der Waals surface area contributed by atoms with Crippen LogP contribution in [-0.2, 0) is 6.54 Å². The van der Waals surface area contributed by atoms with Crippen LogP contribution in [0, 0.1) is 6.92 Å². The molecule has 24 heavy (non-hydrogen) atoms. The lowest BCUT2D eigenvalue weighted by Crippen LogP contribution is -2.24. The van der Waals surface area contributed by atoms with Gasteiger partial charge in [-0.05, 0) is 38.4 Å². The Morgan fingerprint density at radius 2 is 2.08 bits per heavy atom. The lowest BCUT2D eigenvalue weighted by molar-refractivity contribution is 0.238. The molecule has 8 heteroatoms. The predicted molar refractivity (Wildman–Crippen MR) is 91.9 cm³/mol. The number of rotatable bonds is 3. The molecule has 5 N–H and O–H groups in total. The van der Waals surface area contributed by atoms with Gasteiger partial charge in [0.15, 0.2) is 11.5 Å². The van der Waals surface area contributed by atoms with Crippen LogP contribution in [0.1, 0.15) is 36.1 Å². The van der Waals surface area contributed by atoms with E-state index in [0.29, 0.717) is 17.0 Å². The number of hydrogen-bond donors (Lipinski definition) is 3. The molecule has 1 aliphatic heterocycles. The maximum Gasteiger partial charge on any atom is 0.224 e. The number of nitrogens with two attached hydrogens (primary N) is 2. The number of nitrogens with one attached hydrogen (secondary N) is 1. The van der Waals surface area contributed by atoms with Crippen molar-refractivity contribution in [2.24, 2.45) is 0 Å². The van der Waals surface area contributed by atoms with Crippen molar-refractivity contribution >= 4 is 22.9 Å². The van der Waals surface area contributed by atoms with E-state index in [4.69, 9.17) is 11.5 Å². The van der Waals surface area contributed by atoms with Crippen LogP contribution in [0.25, 0.3) is 11.2 Å². The Morgan fingerprint density at radius 1 is 1.21 bits per heavy atom. The maximum atomic E-state index is 5.92. The van der Waals surface area contributed by atoms with Gasteiger partial charge in [0.25, 0.3) is 0 Å². The van der Waals surface area contributed by atoms with Crippen molar-refractivity contribution in [1.82, 2.24) is 29.8 Å². The second kappa shape index (κ2) is 5.72. The molecule has 0 saturated carbocycles. The lowest BCUT2D eigenvalue weighted by atomic mass is 10.2. The van der Waals surface area contributed by atoms with Crippen LogP contribution < -0.4 is 11.5 Å². The van der Waals surface area contributed by atoms with Gasteiger partial charge in [0.2, 0.25) is 5.95 Å². The fourth-order valence-corrected chi connectivity index (χ4v) is 3.33. The molecule has 1 aliphatic rings. The topological polar surface area (TPSA) is 123 Å². The van der Waals surface area contributed by atoms with Gasteiger partial charge in [-0.15, -0.1) is 0 Å². The third-order valence-electron chi connectivity index (χ3n) is 4.41. The van der Waals surface area contributed by atoms with Crippen LogP contribution in [0.4, 0.5) is 11.8 Å². The number of aromatic amines is 1. The fraction of sp³-hybridized carbons (Fsp3) is 0.375. The van der Waals surface area contributed by atoms with Gasteiger partial charge >= 0.3 is 0 Å². The summed E-state index contributed by atoms with van der Waals surface area (Å²) in [6.45, 7) is 3.82. The van der Waals surface area contributed by atoms with E-state index in [1.54, 1.807) is 0 Å². The van der Waals surface area contributed by atoms with Crippen LogP contribution in [0.2, 0.25) is 0 Å². The first-order chi connectivity index (χ1) is 11.6. The van der Waals surface area contributed by atoms with Gasteiger partial charge in [0, 0.05) is 12.2 Å². The second-order valence-corrected chi connectivity index (χ2v) is 6.19. The van der Waals surface area contributed by atoms with Crippen molar-refractivity contribution in [2.45, 2.75) is 32.4 Å². The molecule has 124 valence electrons. The Bertz CT molecular complexity index is 887. The number of anilines is 2. The van der Waals surface area contributed by atoms with E-state index in [1.165, 1.54) is 0 Å². The van der Waals surface area contributed by atoms with Crippen LogP contribution in [0.3, 0.4) is 0 Å². The van der Waals surface area contributed by atoms with Crippen molar-refractivity contribution in [3.8, 4) is 0 Å². The molecule has 1 saturated heterocycles. The van der Waals surface area contributed by atoms with E-state index in [9.17, 15) is 0 Å². The molecule has 0 bridgehead atoms. The highest BCUT2D eigenvalue weighted by Crippen LogP contribution is 2.32. The van der Waals surface area contributed by atoms with Gasteiger partial charge < -0.3 is 16.5 Å². The van der Waals surface area contributed by atoms with E-state index in [-0.39, 0.29) is 12.0 Å². The number of fused-ring (bicyclic) bond motifs is 1. The summed E-state index contributed by atoms with van der Waals surface area (Å²) in [4.78, 5) is 23.0. The number of aryl methyl sites for hydroxylation is 1. The Morgan fingerprint density at radius 3 is 2.92 bits per heavy atom. The second-order valence-electron chi connectivity index (χ2n) is 6.19. The Kier molecular flexibility index (Phi) is 3.53. The number of hydrogen-bond acceptors (Lipinski definition) is 7. The monoisotopic (exact) mass is 324 g/mol. The first-order valence-electron chi connectivity index (χ1n) is 8.05. The highest BCUT2D eigenvalue weighted by Gasteiger charge is 2.29. The largest absolute Gasteiger partial charge is 0.382 e. The van der Waals surface area contributed by atoms with Crippen molar-refractivity contribution in [3.63, 3.8) is 0 Å². The summed E-state index contributed by atoms with van der Waals surface area (Å²) in [6.07, 6.45) is 2.16. The fourth-order valence-electron chi connectivity index (χ4n) is 3.33. The average Bonchev–Trinajstić information content (AvgIpc) is 3.13. The molecule has 0 radical (unpaired) electrons. The molecular weight excluding hydrogens is 304 g/mol. The van der Waals surface area contributed by atoms with Crippen LogP contribution >= 0.6 is 0 Å². The van der Waals surface area contributed by atoms with Crippen molar-refractivity contribution < 1.29 is 0 Å². The number of nitrogens with zero attached hydrogens (tertiary/aromatic N) is 5. The summed E-state index contributed by atoms with van der Waals surface area (Å²) in [5.74, 6) is 1.34. The maximum absolute atomic E-state index is 5.92. The number of likely N-dealkylation sites (tertiary alicyclic amines) is 1. The Hall–Kier alpha value is -2.74. The zero-order chi connectivity index (χ0) is 16.7. The minimum Gasteiger partial charge on any atom is -0.382 e. The summed E-state index contributed by atoms with van der Waals surface area (Å²) < 4.78 is 0. The number of nitrogen functional groups attached to an aromatic ring is 2. The minimum absolute atomic E-state index is 0.144. The molecule has 4 heterocycles. The van der Waals surface area contributed by atoms with Gasteiger partial charge in [0.05, 0.1) is 11.7 Å². The van der Waals surface area contributed by atoms with Crippen LogP contribution in [0.15, 0.2) is 18.2 Å². The zero-order valence-electron chi connectivity index (χ0n) is 13.5. The molecule has 1 atom stereocenters. The van der Waals surface area contributed by atoms with E-state index in [0.717, 1.165) is 43.1 Å². The van der Waals surface area contributed by atoms with Crippen molar-refractivity contribution in [1.29, 1.82) is 0 Å². The first kappa shape index (κ1) is 14.8. The standard InChI is InChI=1S/C16H20N8/c1-9-4-2-5-10(19-9)8-24-7-3-6-11(24)14-20-12-13(17)21-16(18)23-15(12)22-14/h2,4-5,11H,3,6-8H2,1H3,(H5,17,18,20,21,22,23). The normalized spacial score (nSPS) is 18.5. The molecule has 1 unspecified atom stereocenters. The summed E-state index contributed by atoms with van der Waals surface area (Å²) in [6, 6.07) is 6.31. The molecular formula is C16H20N8. The molecule has 8 nitrogen and oxygen atoms in total.